The highest BCUT2D eigenvalue weighted by molar-refractivity contribution is 7.18. The molecule has 2 amide bonds. The van der Waals surface area contributed by atoms with Crippen LogP contribution in [0.1, 0.15) is 42.8 Å². The Hall–Kier alpha value is -2.73. The summed E-state index contributed by atoms with van der Waals surface area (Å²) in [6, 6.07) is 16.2. The van der Waals surface area contributed by atoms with Crippen LogP contribution >= 0.6 is 11.3 Å². The summed E-state index contributed by atoms with van der Waals surface area (Å²) in [5.41, 5.74) is 3.09. The number of hydrogen-bond acceptors (Lipinski definition) is 4. The van der Waals surface area contributed by atoms with Gasteiger partial charge < -0.3 is 9.80 Å². The molecule has 1 aromatic heterocycles. The molecular weight excluding hydrogens is 394 g/mol. The van der Waals surface area contributed by atoms with Crippen molar-refractivity contribution in [3.8, 4) is 0 Å². The number of para-hydroxylation sites is 2. The largest absolute Gasteiger partial charge is 0.333 e. The summed E-state index contributed by atoms with van der Waals surface area (Å²) in [6.07, 6.45) is 3.08. The van der Waals surface area contributed by atoms with E-state index >= 15 is 0 Å². The van der Waals surface area contributed by atoms with Crippen molar-refractivity contribution in [3.63, 3.8) is 0 Å². The number of carbonyl (C=O) groups is 2. The minimum absolute atomic E-state index is 0.0296. The number of rotatable bonds is 4. The molecule has 0 bridgehead atoms. The van der Waals surface area contributed by atoms with Gasteiger partial charge in [0.05, 0.1) is 22.2 Å². The van der Waals surface area contributed by atoms with Crippen molar-refractivity contribution in [2.24, 2.45) is 5.92 Å². The number of thiazole rings is 1. The lowest BCUT2D eigenvalue weighted by molar-refractivity contribution is -0.136. The average molecular weight is 420 g/mol. The normalized spacial score (nSPS) is 21.7. The van der Waals surface area contributed by atoms with Crippen LogP contribution in [0.5, 0.6) is 0 Å². The third kappa shape index (κ3) is 3.29. The number of nitrogens with zero attached hydrogens (tertiary/aromatic N) is 3. The number of aromatic nitrogens is 1. The fraction of sp³-hybridized carbons (Fsp3) is 0.375. The zero-order valence-corrected chi connectivity index (χ0v) is 17.9. The van der Waals surface area contributed by atoms with E-state index in [1.807, 2.05) is 46.2 Å². The second kappa shape index (κ2) is 7.84. The van der Waals surface area contributed by atoms with Gasteiger partial charge in [0, 0.05) is 25.2 Å². The molecule has 2 fully saturated rings. The molecule has 0 aliphatic carbocycles. The van der Waals surface area contributed by atoms with Gasteiger partial charge in [-0.25, -0.2) is 4.98 Å². The second-order valence-electron chi connectivity index (χ2n) is 8.10. The Kier molecular flexibility index (Phi) is 5.03. The molecular formula is C24H25N3O2S. The summed E-state index contributed by atoms with van der Waals surface area (Å²) in [5.74, 6) is -0.135. The predicted octanol–water partition coefficient (Wildman–Crippen LogP) is 4.58. The number of amides is 2. The molecule has 6 heteroatoms. The van der Waals surface area contributed by atoms with Gasteiger partial charge in [-0.3, -0.25) is 9.59 Å². The molecule has 0 N–H and O–H groups in total. The zero-order chi connectivity index (χ0) is 20.7. The molecule has 3 aromatic rings. The highest BCUT2D eigenvalue weighted by Crippen LogP contribution is 2.38. The first kappa shape index (κ1) is 19.2. The van der Waals surface area contributed by atoms with Crippen molar-refractivity contribution in [3.05, 3.63) is 59.1 Å². The first-order chi connectivity index (χ1) is 14.7. The SMILES string of the molecule is CCc1ccccc1N1C[C@H](C(=O)N2CCC[C@H]2c2nc3ccccc3s2)CC1=O. The number of likely N-dealkylation sites (tertiary alicyclic amines) is 1. The van der Waals surface area contributed by atoms with Gasteiger partial charge in [-0.05, 0) is 43.0 Å². The van der Waals surface area contributed by atoms with Crippen LogP contribution in [0.4, 0.5) is 5.69 Å². The predicted molar refractivity (Wildman–Crippen MR) is 120 cm³/mol. The smallest absolute Gasteiger partial charge is 0.228 e. The number of aryl methyl sites for hydroxylation is 1. The van der Waals surface area contributed by atoms with E-state index in [0.717, 1.165) is 52.3 Å². The first-order valence-electron chi connectivity index (χ1n) is 10.7. The zero-order valence-electron chi connectivity index (χ0n) is 17.1. The lowest BCUT2D eigenvalue weighted by Crippen LogP contribution is -2.37. The van der Waals surface area contributed by atoms with Crippen LogP contribution in [0.2, 0.25) is 0 Å². The van der Waals surface area contributed by atoms with Crippen LogP contribution in [-0.4, -0.2) is 34.8 Å². The van der Waals surface area contributed by atoms with Crippen LogP contribution in [-0.2, 0) is 16.0 Å². The second-order valence-corrected chi connectivity index (χ2v) is 9.16. The Morgan fingerprint density at radius 1 is 1.17 bits per heavy atom. The van der Waals surface area contributed by atoms with Crippen LogP contribution < -0.4 is 4.90 Å². The topological polar surface area (TPSA) is 53.5 Å². The standard InChI is InChI=1S/C24H25N3O2S/c1-2-16-8-3-5-10-19(16)27-15-17(14-22(27)28)24(29)26-13-7-11-20(26)23-25-18-9-4-6-12-21(18)30-23/h3-6,8-10,12,17,20H,2,7,11,13-15H2,1H3/t17-,20+/m1/s1. The monoisotopic (exact) mass is 419 g/mol. The summed E-state index contributed by atoms with van der Waals surface area (Å²) in [7, 11) is 0. The number of benzene rings is 2. The van der Waals surface area contributed by atoms with E-state index < -0.39 is 0 Å². The average Bonchev–Trinajstić information content (AvgIpc) is 3.50. The maximum absolute atomic E-state index is 13.4. The van der Waals surface area contributed by atoms with Gasteiger partial charge >= 0.3 is 0 Å². The molecule has 3 heterocycles. The molecule has 30 heavy (non-hydrogen) atoms. The molecule has 2 aromatic carbocycles. The Morgan fingerprint density at radius 3 is 2.80 bits per heavy atom. The number of hydrogen-bond donors (Lipinski definition) is 0. The van der Waals surface area contributed by atoms with Crippen LogP contribution in [0.15, 0.2) is 48.5 Å². The Labute approximate surface area is 180 Å². The highest BCUT2D eigenvalue weighted by atomic mass is 32.1. The van der Waals surface area contributed by atoms with E-state index in [9.17, 15) is 9.59 Å². The van der Waals surface area contributed by atoms with E-state index in [0.29, 0.717) is 13.0 Å². The van der Waals surface area contributed by atoms with Gasteiger partial charge in [0.25, 0.3) is 0 Å². The van der Waals surface area contributed by atoms with E-state index in [1.165, 1.54) is 0 Å². The molecule has 2 aliphatic rings. The summed E-state index contributed by atoms with van der Waals surface area (Å²) >= 11 is 1.68. The van der Waals surface area contributed by atoms with Crippen molar-refractivity contribution in [2.45, 2.75) is 38.6 Å². The molecule has 154 valence electrons. The summed E-state index contributed by atoms with van der Waals surface area (Å²) in [4.78, 5) is 34.8. The fourth-order valence-electron chi connectivity index (χ4n) is 4.73. The number of anilines is 1. The van der Waals surface area contributed by atoms with E-state index in [1.54, 1.807) is 11.3 Å². The van der Waals surface area contributed by atoms with Gasteiger partial charge in [-0.1, -0.05) is 37.3 Å². The maximum atomic E-state index is 13.4. The summed E-state index contributed by atoms with van der Waals surface area (Å²) in [5, 5.41) is 1.01. The van der Waals surface area contributed by atoms with Gasteiger partial charge in [-0.15, -0.1) is 11.3 Å². The van der Waals surface area contributed by atoms with E-state index in [2.05, 4.69) is 19.1 Å². The van der Waals surface area contributed by atoms with Gasteiger partial charge in [0.1, 0.15) is 5.01 Å². The lowest BCUT2D eigenvalue weighted by atomic mass is 10.1. The molecule has 2 atom stereocenters. The van der Waals surface area contributed by atoms with Crippen molar-refractivity contribution in [1.82, 2.24) is 9.88 Å². The number of carbonyl (C=O) groups excluding carboxylic acids is 2. The van der Waals surface area contributed by atoms with Gasteiger partial charge in [0.2, 0.25) is 11.8 Å². The number of fused-ring (bicyclic) bond motifs is 1. The fourth-order valence-corrected chi connectivity index (χ4v) is 5.85. The highest BCUT2D eigenvalue weighted by Gasteiger charge is 2.41. The van der Waals surface area contributed by atoms with Crippen molar-refractivity contribution in [1.29, 1.82) is 0 Å². The van der Waals surface area contributed by atoms with Crippen LogP contribution in [0.25, 0.3) is 10.2 Å². The third-order valence-corrected chi connectivity index (χ3v) is 7.41. The lowest BCUT2D eigenvalue weighted by Gasteiger charge is -2.26. The molecule has 0 saturated carbocycles. The molecule has 2 aliphatic heterocycles. The molecule has 0 unspecified atom stereocenters. The Balaban J connectivity index is 1.37. The van der Waals surface area contributed by atoms with Crippen molar-refractivity contribution < 1.29 is 9.59 Å². The van der Waals surface area contributed by atoms with E-state index in [4.69, 9.17) is 4.98 Å². The van der Waals surface area contributed by atoms with Crippen molar-refractivity contribution >= 4 is 39.1 Å². The quantitative estimate of drug-likeness (QED) is 0.622. The Morgan fingerprint density at radius 2 is 1.97 bits per heavy atom. The van der Waals surface area contributed by atoms with Gasteiger partial charge in [0.15, 0.2) is 0 Å². The summed E-state index contributed by atoms with van der Waals surface area (Å²) in [6.45, 7) is 3.31. The molecule has 2 saturated heterocycles. The third-order valence-electron chi connectivity index (χ3n) is 6.27. The van der Waals surface area contributed by atoms with E-state index in [-0.39, 0.29) is 23.8 Å². The van der Waals surface area contributed by atoms with Crippen molar-refractivity contribution in [2.75, 3.05) is 18.0 Å². The molecule has 0 spiro atoms. The molecule has 0 radical (unpaired) electrons. The molecule has 5 rings (SSSR count). The molecule has 5 nitrogen and oxygen atoms in total. The van der Waals surface area contributed by atoms with Crippen LogP contribution in [0.3, 0.4) is 0 Å². The minimum Gasteiger partial charge on any atom is -0.333 e. The van der Waals surface area contributed by atoms with Crippen LogP contribution in [0, 0.1) is 5.92 Å². The minimum atomic E-state index is -0.280. The summed E-state index contributed by atoms with van der Waals surface area (Å²) < 4.78 is 1.16. The van der Waals surface area contributed by atoms with Gasteiger partial charge in [-0.2, -0.15) is 0 Å². The maximum Gasteiger partial charge on any atom is 0.228 e. The first-order valence-corrected chi connectivity index (χ1v) is 11.5. The Bertz CT molecular complexity index is 1080.